The molecule has 1 fully saturated rings. The van der Waals surface area contributed by atoms with Gasteiger partial charge in [-0.1, -0.05) is 49.3 Å². The zero-order chi connectivity index (χ0) is 25.0. The number of Topliss-reactive ketones (excluding diaryl/α,β-unsaturated/α-hetero) is 1. The number of piperidine rings is 1. The average Bonchev–Trinajstić information content (AvgIpc) is 3.38. The van der Waals surface area contributed by atoms with E-state index in [-0.39, 0.29) is 24.0 Å². The number of nitrogens with zero attached hydrogens (tertiary/aromatic N) is 3. The van der Waals surface area contributed by atoms with Crippen LogP contribution in [0.2, 0.25) is 0 Å². The smallest absolute Gasteiger partial charge is 0.230 e. The first-order valence-electron chi connectivity index (χ1n) is 11.8. The van der Waals surface area contributed by atoms with Gasteiger partial charge in [-0.2, -0.15) is 4.98 Å². The van der Waals surface area contributed by atoms with Crippen LogP contribution in [0, 0.1) is 5.41 Å². The standard InChI is InChI=1S/C27H31N3O5/c1-27(2,17-21(31)18-8-6-5-7-9-18)26(32)30-14-12-19(13-15-30)25-28-24(29-35-25)20-10-11-22(33-3)23(16-20)34-4/h5-11,16,19H,12-15,17H2,1-4H3. The topological polar surface area (TPSA) is 94.8 Å². The summed E-state index contributed by atoms with van der Waals surface area (Å²) >= 11 is 0. The second-order valence-electron chi connectivity index (χ2n) is 9.44. The summed E-state index contributed by atoms with van der Waals surface area (Å²) in [6.45, 7) is 4.85. The van der Waals surface area contributed by atoms with E-state index in [1.807, 2.05) is 49.1 Å². The van der Waals surface area contributed by atoms with E-state index in [1.165, 1.54) is 0 Å². The maximum absolute atomic E-state index is 13.2. The Morgan fingerprint density at radius 2 is 1.71 bits per heavy atom. The van der Waals surface area contributed by atoms with Gasteiger partial charge in [0.1, 0.15) is 0 Å². The first-order chi connectivity index (χ1) is 16.8. The van der Waals surface area contributed by atoms with Gasteiger partial charge in [0.05, 0.1) is 19.6 Å². The van der Waals surface area contributed by atoms with E-state index in [2.05, 4.69) is 10.1 Å². The lowest BCUT2D eigenvalue weighted by Crippen LogP contribution is -2.45. The van der Waals surface area contributed by atoms with Crippen molar-refractivity contribution in [2.75, 3.05) is 27.3 Å². The van der Waals surface area contributed by atoms with Crippen molar-refractivity contribution < 1.29 is 23.6 Å². The lowest BCUT2D eigenvalue weighted by Gasteiger charge is -2.36. The number of rotatable bonds is 8. The highest BCUT2D eigenvalue weighted by Gasteiger charge is 2.37. The van der Waals surface area contributed by atoms with Crippen molar-refractivity contribution in [3.63, 3.8) is 0 Å². The molecule has 1 aromatic heterocycles. The number of hydrogen-bond acceptors (Lipinski definition) is 7. The van der Waals surface area contributed by atoms with E-state index in [4.69, 9.17) is 14.0 Å². The predicted molar refractivity (Wildman–Crippen MR) is 131 cm³/mol. The molecular formula is C27H31N3O5. The van der Waals surface area contributed by atoms with Gasteiger partial charge in [-0.15, -0.1) is 0 Å². The largest absolute Gasteiger partial charge is 0.493 e. The summed E-state index contributed by atoms with van der Waals surface area (Å²) in [7, 11) is 3.17. The van der Waals surface area contributed by atoms with Crippen LogP contribution in [-0.2, 0) is 4.79 Å². The van der Waals surface area contributed by atoms with Crippen LogP contribution in [0.25, 0.3) is 11.4 Å². The average molecular weight is 478 g/mol. The van der Waals surface area contributed by atoms with Gasteiger partial charge in [-0.25, -0.2) is 0 Å². The van der Waals surface area contributed by atoms with Crippen molar-refractivity contribution in [2.24, 2.45) is 5.41 Å². The predicted octanol–water partition coefficient (Wildman–Crippen LogP) is 4.76. The molecule has 0 saturated carbocycles. The fourth-order valence-electron chi connectivity index (χ4n) is 4.45. The molecule has 0 N–H and O–H groups in total. The molecule has 4 rings (SSSR count). The number of benzene rings is 2. The molecule has 184 valence electrons. The van der Waals surface area contributed by atoms with Crippen molar-refractivity contribution in [1.82, 2.24) is 15.0 Å². The highest BCUT2D eigenvalue weighted by molar-refractivity contribution is 5.99. The van der Waals surface area contributed by atoms with Crippen LogP contribution in [0.15, 0.2) is 53.1 Å². The lowest BCUT2D eigenvalue weighted by molar-refractivity contribution is -0.141. The number of amides is 1. The maximum atomic E-state index is 13.2. The third-order valence-electron chi connectivity index (χ3n) is 6.49. The summed E-state index contributed by atoms with van der Waals surface area (Å²) in [4.78, 5) is 32.4. The summed E-state index contributed by atoms with van der Waals surface area (Å²) < 4.78 is 16.2. The van der Waals surface area contributed by atoms with Crippen LogP contribution >= 0.6 is 0 Å². The minimum Gasteiger partial charge on any atom is -0.493 e. The van der Waals surface area contributed by atoms with Crippen LogP contribution in [0.1, 0.15) is 55.3 Å². The molecule has 8 nitrogen and oxygen atoms in total. The number of carbonyl (C=O) groups is 2. The second-order valence-corrected chi connectivity index (χ2v) is 9.44. The van der Waals surface area contributed by atoms with Crippen LogP contribution < -0.4 is 9.47 Å². The molecule has 1 amide bonds. The van der Waals surface area contributed by atoms with Crippen molar-refractivity contribution in [3.05, 3.63) is 60.0 Å². The fourth-order valence-corrected chi connectivity index (χ4v) is 4.45. The van der Waals surface area contributed by atoms with Gasteiger partial charge in [0.25, 0.3) is 0 Å². The lowest BCUT2D eigenvalue weighted by atomic mass is 9.83. The van der Waals surface area contributed by atoms with Crippen LogP contribution in [0.3, 0.4) is 0 Å². The molecular weight excluding hydrogens is 446 g/mol. The van der Waals surface area contributed by atoms with Crippen molar-refractivity contribution >= 4 is 11.7 Å². The van der Waals surface area contributed by atoms with Crippen molar-refractivity contribution in [1.29, 1.82) is 0 Å². The third kappa shape index (κ3) is 5.37. The summed E-state index contributed by atoms with van der Waals surface area (Å²) in [5.41, 5.74) is 0.633. The number of likely N-dealkylation sites (tertiary alicyclic amines) is 1. The number of hydrogen-bond donors (Lipinski definition) is 0. The summed E-state index contributed by atoms with van der Waals surface area (Å²) in [6, 6.07) is 14.6. The molecule has 35 heavy (non-hydrogen) atoms. The molecule has 1 saturated heterocycles. The quantitative estimate of drug-likeness (QED) is 0.432. The Labute approximate surface area is 205 Å². The van der Waals surface area contributed by atoms with E-state index in [0.717, 1.165) is 18.4 Å². The van der Waals surface area contributed by atoms with E-state index < -0.39 is 5.41 Å². The van der Waals surface area contributed by atoms with Crippen molar-refractivity contribution in [2.45, 2.75) is 39.0 Å². The molecule has 0 bridgehead atoms. The third-order valence-corrected chi connectivity index (χ3v) is 6.49. The zero-order valence-corrected chi connectivity index (χ0v) is 20.6. The monoisotopic (exact) mass is 477 g/mol. The van der Waals surface area contributed by atoms with Gasteiger partial charge < -0.3 is 18.9 Å². The zero-order valence-electron chi connectivity index (χ0n) is 20.6. The molecule has 0 radical (unpaired) electrons. The highest BCUT2D eigenvalue weighted by atomic mass is 16.5. The van der Waals surface area contributed by atoms with Crippen molar-refractivity contribution in [3.8, 4) is 22.9 Å². The molecule has 1 aliphatic rings. The van der Waals surface area contributed by atoms with Gasteiger partial charge in [0.15, 0.2) is 17.3 Å². The fraction of sp³-hybridized carbons (Fsp3) is 0.407. The van der Waals surface area contributed by atoms with E-state index in [1.54, 1.807) is 32.4 Å². The molecule has 2 aromatic carbocycles. The maximum Gasteiger partial charge on any atom is 0.230 e. The first kappa shape index (κ1) is 24.4. The molecule has 0 atom stereocenters. The molecule has 8 heteroatoms. The highest BCUT2D eigenvalue weighted by Crippen LogP contribution is 2.34. The molecule has 0 aliphatic carbocycles. The number of ketones is 1. The normalized spacial score (nSPS) is 14.6. The van der Waals surface area contributed by atoms with Crippen LogP contribution in [-0.4, -0.2) is 54.0 Å². The number of aromatic nitrogens is 2. The Morgan fingerprint density at radius 3 is 2.37 bits per heavy atom. The van der Waals surface area contributed by atoms with Gasteiger partial charge in [-0.05, 0) is 31.0 Å². The Morgan fingerprint density at radius 1 is 1.03 bits per heavy atom. The number of ether oxygens (including phenoxy) is 2. The summed E-state index contributed by atoms with van der Waals surface area (Å²) in [6.07, 6.45) is 1.62. The Hall–Kier alpha value is -3.68. The van der Waals surface area contributed by atoms with Crippen LogP contribution in [0.5, 0.6) is 11.5 Å². The van der Waals surface area contributed by atoms with E-state index in [9.17, 15) is 9.59 Å². The Bertz CT molecular complexity index is 1180. The van der Waals surface area contributed by atoms with Gasteiger partial charge in [0.2, 0.25) is 17.6 Å². The number of carbonyl (C=O) groups excluding carboxylic acids is 2. The van der Waals surface area contributed by atoms with E-state index in [0.29, 0.717) is 41.9 Å². The minimum atomic E-state index is -0.773. The first-order valence-corrected chi connectivity index (χ1v) is 11.8. The van der Waals surface area contributed by atoms with Gasteiger partial charge in [-0.3, -0.25) is 9.59 Å². The van der Waals surface area contributed by atoms with Crippen LogP contribution in [0.4, 0.5) is 0 Å². The molecule has 2 heterocycles. The van der Waals surface area contributed by atoms with Gasteiger partial charge >= 0.3 is 0 Å². The molecule has 3 aromatic rings. The SMILES string of the molecule is COc1ccc(-c2noc(C3CCN(C(=O)C(C)(C)CC(=O)c4ccccc4)CC3)n2)cc1OC. The minimum absolute atomic E-state index is 0.00298. The summed E-state index contributed by atoms with van der Waals surface area (Å²) in [5.74, 6) is 2.33. The summed E-state index contributed by atoms with van der Waals surface area (Å²) in [5, 5.41) is 4.15. The Balaban J connectivity index is 1.37. The second kappa shape index (κ2) is 10.3. The molecule has 0 unspecified atom stereocenters. The Kier molecular flexibility index (Phi) is 7.19. The molecule has 1 aliphatic heterocycles. The molecule has 0 spiro atoms. The van der Waals surface area contributed by atoms with E-state index >= 15 is 0 Å². The number of methoxy groups -OCH3 is 2. The van der Waals surface area contributed by atoms with Gasteiger partial charge in [0, 0.05) is 36.6 Å².